The van der Waals surface area contributed by atoms with Crippen LogP contribution in [0, 0.1) is 0 Å². The summed E-state index contributed by atoms with van der Waals surface area (Å²) < 4.78 is 10.1. The maximum absolute atomic E-state index is 11.3. The van der Waals surface area contributed by atoms with Crippen molar-refractivity contribution in [2.24, 2.45) is 0 Å². The molecule has 0 aliphatic heterocycles. The molecule has 0 amide bonds. The van der Waals surface area contributed by atoms with Gasteiger partial charge in [-0.3, -0.25) is 9.78 Å². The fourth-order valence-corrected chi connectivity index (χ4v) is 2.24. The molecule has 0 saturated carbocycles. The first-order chi connectivity index (χ1) is 10.2. The molecule has 2 aromatic heterocycles. The van der Waals surface area contributed by atoms with Crippen molar-refractivity contribution in [3.05, 3.63) is 30.6 Å². The molecule has 2 aromatic rings. The van der Waals surface area contributed by atoms with Gasteiger partial charge in [-0.2, -0.15) is 0 Å². The Morgan fingerprint density at radius 1 is 1.29 bits per heavy atom. The smallest absolute Gasteiger partial charge is 0.316 e. The summed E-state index contributed by atoms with van der Waals surface area (Å²) in [5.74, 6) is 0.529. The molecule has 0 saturated heterocycles. The number of carbonyl (C=O) groups excluding carboxylic acids is 1. The molecule has 0 aromatic carbocycles. The SMILES string of the molecule is CCOC(=O)CSc1nccc(-c2ncccc2OC)n1. The van der Waals surface area contributed by atoms with Gasteiger partial charge in [0.2, 0.25) is 0 Å². The first-order valence-electron chi connectivity index (χ1n) is 6.35. The molecule has 0 spiro atoms. The van der Waals surface area contributed by atoms with Gasteiger partial charge in [0.25, 0.3) is 0 Å². The third-order valence-corrected chi connectivity index (χ3v) is 3.33. The Kier molecular flexibility index (Phi) is 5.51. The molecule has 0 radical (unpaired) electrons. The van der Waals surface area contributed by atoms with Crippen molar-refractivity contribution in [1.29, 1.82) is 0 Å². The summed E-state index contributed by atoms with van der Waals surface area (Å²) in [5.41, 5.74) is 1.29. The minimum atomic E-state index is -0.285. The minimum Gasteiger partial charge on any atom is -0.494 e. The quantitative estimate of drug-likeness (QED) is 0.460. The lowest BCUT2D eigenvalue weighted by Crippen LogP contribution is -2.07. The Morgan fingerprint density at radius 3 is 2.90 bits per heavy atom. The molecular formula is C14H15N3O3S. The van der Waals surface area contributed by atoms with Crippen LogP contribution in [-0.2, 0) is 9.53 Å². The highest BCUT2D eigenvalue weighted by atomic mass is 32.2. The van der Waals surface area contributed by atoms with Crippen LogP contribution in [0.15, 0.2) is 35.7 Å². The van der Waals surface area contributed by atoms with E-state index in [9.17, 15) is 4.79 Å². The van der Waals surface area contributed by atoms with Gasteiger partial charge in [0, 0.05) is 12.4 Å². The summed E-state index contributed by atoms with van der Waals surface area (Å²) in [6.45, 7) is 2.14. The van der Waals surface area contributed by atoms with Crippen molar-refractivity contribution in [3.8, 4) is 17.1 Å². The number of aromatic nitrogens is 3. The first kappa shape index (κ1) is 15.2. The van der Waals surface area contributed by atoms with E-state index in [-0.39, 0.29) is 11.7 Å². The summed E-state index contributed by atoms with van der Waals surface area (Å²) in [6.07, 6.45) is 3.30. The van der Waals surface area contributed by atoms with Crippen LogP contribution in [-0.4, -0.2) is 40.4 Å². The number of esters is 1. The molecule has 2 rings (SSSR count). The zero-order valence-corrected chi connectivity index (χ0v) is 12.6. The molecule has 0 aliphatic carbocycles. The van der Waals surface area contributed by atoms with Crippen LogP contribution in [0.3, 0.4) is 0 Å². The number of carbonyl (C=O) groups is 1. The molecule has 6 nitrogen and oxygen atoms in total. The van der Waals surface area contributed by atoms with E-state index in [4.69, 9.17) is 9.47 Å². The van der Waals surface area contributed by atoms with Crippen molar-refractivity contribution in [2.45, 2.75) is 12.1 Å². The van der Waals surface area contributed by atoms with Crippen molar-refractivity contribution in [3.63, 3.8) is 0 Å². The molecule has 0 atom stereocenters. The highest BCUT2D eigenvalue weighted by molar-refractivity contribution is 7.99. The van der Waals surface area contributed by atoms with Gasteiger partial charge in [-0.05, 0) is 25.1 Å². The Morgan fingerprint density at radius 2 is 2.14 bits per heavy atom. The van der Waals surface area contributed by atoms with Crippen LogP contribution >= 0.6 is 11.8 Å². The van der Waals surface area contributed by atoms with Crippen molar-refractivity contribution >= 4 is 17.7 Å². The summed E-state index contributed by atoms with van der Waals surface area (Å²) in [6, 6.07) is 5.36. The van der Waals surface area contributed by atoms with Gasteiger partial charge in [0.15, 0.2) is 5.16 Å². The lowest BCUT2D eigenvalue weighted by atomic mass is 10.2. The van der Waals surface area contributed by atoms with E-state index in [0.29, 0.717) is 28.9 Å². The van der Waals surface area contributed by atoms with Gasteiger partial charge < -0.3 is 9.47 Å². The number of ether oxygens (including phenoxy) is 2. The van der Waals surface area contributed by atoms with E-state index in [1.165, 1.54) is 11.8 Å². The molecule has 0 bridgehead atoms. The second-order valence-electron chi connectivity index (χ2n) is 3.87. The van der Waals surface area contributed by atoms with E-state index in [0.717, 1.165) is 0 Å². The second kappa shape index (κ2) is 7.58. The largest absolute Gasteiger partial charge is 0.494 e. The normalized spacial score (nSPS) is 10.2. The Hall–Kier alpha value is -2.15. The van der Waals surface area contributed by atoms with Crippen LogP contribution < -0.4 is 4.74 Å². The van der Waals surface area contributed by atoms with Crippen LogP contribution in [0.25, 0.3) is 11.4 Å². The van der Waals surface area contributed by atoms with E-state index in [1.807, 2.05) is 6.07 Å². The van der Waals surface area contributed by atoms with Crippen molar-refractivity contribution in [1.82, 2.24) is 15.0 Å². The minimum absolute atomic E-state index is 0.177. The maximum Gasteiger partial charge on any atom is 0.316 e. The molecule has 110 valence electrons. The number of methoxy groups -OCH3 is 1. The highest BCUT2D eigenvalue weighted by Crippen LogP contribution is 2.26. The molecule has 0 N–H and O–H groups in total. The zero-order valence-electron chi connectivity index (χ0n) is 11.8. The summed E-state index contributed by atoms with van der Waals surface area (Å²) in [4.78, 5) is 24.1. The van der Waals surface area contributed by atoms with Crippen LogP contribution in [0.1, 0.15) is 6.92 Å². The van der Waals surface area contributed by atoms with Crippen LogP contribution in [0.2, 0.25) is 0 Å². The standard InChI is InChI=1S/C14H15N3O3S/c1-3-20-12(18)9-21-14-16-8-6-10(17-14)13-11(19-2)5-4-7-15-13/h4-8H,3,9H2,1-2H3. The number of thioether (sulfide) groups is 1. The molecule has 0 aliphatic rings. The third-order valence-electron chi connectivity index (χ3n) is 2.49. The van der Waals surface area contributed by atoms with Crippen molar-refractivity contribution in [2.75, 3.05) is 19.5 Å². The predicted molar refractivity (Wildman–Crippen MR) is 79.2 cm³/mol. The molecule has 0 unspecified atom stereocenters. The number of pyridine rings is 1. The van der Waals surface area contributed by atoms with Gasteiger partial charge in [0.05, 0.1) is 25.2 Å². The number of hydrogen-bond acceptors (Lipinski definition) is 7. The highest BCUT2D eigenvalue weighted by Gasteiger charge is 2.11. The Balaban J connectivity index is 2.16. The van der Waals surface area contributed by atoms with Gasteiger partial charge in [0.1, 0.15) is 11.4 Å². The van der Waals surface area contributed by atoms with Gasteiger partial charge >= 0.3 is 5.97 Å². The molecular weight excluding hydrogens is 290 g/mol. The lowest BCUT2D eigenvalue weighted by Gasteiger charge is -2.07. The fraction of sp³-hybridized carbons (Fsp3) is 0.286. The summed E-state index contributed by atoms with van der Waals surface area (Å²) in [7, 11) is 1.58. The molecule has 0 fully saturated rings. The van der Waals surface area contributed by atoms with E-state index < -0.39 is 0 Å². The fourth-order valence-electron chi connectivity index (χ4n) is 1.62. The monoisotopic (exact) mass is 305 g/mol. The maximum atomic E-state index is 11.3. The van der Waals surface area contributed by atoms with Crippen LogP contribution in [0.5, 0.6) is 5.75 Å². The second-order valence-corrected chi connectivity index (χ2v) is 4.81. The topological polar surface area (TPSA) is 74.2 Å². The van der Waals surface area contributed by atoms with E-state index >= 15 is 0 Å². The molecule has 2 heterocycles. The number of nitrogens with zero attached hydrogens (tertiary/aromatic N) is 3. The first-order valence-corrected chi connectivity index (χ1v) is 7.34. The number of hydrogen-bond donors (Lipinski definition) is 0. The lowest BCUT2D eigenvalue weighted by molar-refractivity contribution is -0.139. The third kappa shape index (κ3) is 4.16. The number of rotatable bonds is 6. The molecule has 21 heavy (non-hydrogen) atoms. The Bertz CT molecular complexity index is 622. The summed E-state index contributed by atoms with van der Waals surface area (Å²) >= 11 is 1.23. The predicted octanol–water partition coefficient (Wildman–Crippen LogP) is 2.20. The average molecular weight is 305 g/mol. The van der Waals surface area contributed by atoms with E-state index in [2.05, 4.69) is 15.0 Å². The van der Waals surface area contributed by atoms with Crippen LogP contribution in [0.4, 0.5) is 0 Å². The van der Waals surface area contributed by atoms with Crippen molar-refractivity contribution < 1.29 is 14.3 Å². The Labute approximate surface area is 126 Å². The average Bonchev–Trinajstić information content (AvgIpc) is 2.53. The van der Waals surface area contributed by atoms with E-state index in [1.54, 1.807) is 38.6 Å². The van der Waals surface area contributed by atoms with Gasteiger partial charge in [-0.15, -0.1) is 0 Å². The zero-order chi connectivity index (χ0) is 15.1. The van der Waals surface area contributed by atoms with Gasteiger partial charge in [-0.1, -0.05) is 11.8 Å². The van der Waals surface area contributed by atoms with Gasteiger partial charge in [-0.25, -0.2) is 9.97 Å². The summed E-state index contributed by atoms with van der Waals surface area (Å²) in [5, 5.41) is 0.494. The molecule has 7 heteroatoms.